The Morgan fingerprint density at radius 1 is 1.50 bits per heavy atom. The summed E-state index contributed by atoms with van der Waals surface area (Å²) in [7, 11) is 1.89. The van der Waals surface area contributed by atoms with Gasteiger partial charge >= 0.3 is 0 Å². The molecule has 0 bridgehead atoms. The lowest BCUT2D eigenvalue weighted by molar-refractivity contribution is -0.116. The molecule has 0 heterocycles. The molecule has 14 heavy (non-hydrogen) atoms. The number of rotatable bonds is 5. The quantitative estimate of drug-likeness (QED) is 0.669. The molecule has 0 atom stereocenters. The second kappa shape index (κ2) is 5.60. The molecule has 0 unspecified atom stereocenters. The van der Waals surface area contributed by atoms with E-state index < -0.39 is 0 Å². The smallest absolute Gasteiger partial charge is 0.213 e. The first-order valence-corrected chi connectivity index (χ1v) is 5.01. The molecule has 0 saturated heterocycles. The van der Waals surface area contributed by atoms with Gasteiger partial charge in [0.05, 0.1) is 0 Å². The SMILES string of the molecule is CNCCN(C=O)C1=CC=C(C)CC1. The van der Waals surface area contributed by atoms with Crippen molar-refractivity contribution in [3.63, 3.8) is 0 Å². The highest BCUT2D eigenvalue weighted by atomic mass is 16.1. The zero-order chi connectivity index (χ0) is 10.4. The van der Waals surface area contributed by atoms with E-state index in [4.69, 9.17) is 0 Å². The number of nitrogens with zero attached hydrogens (tertiary/aromatic N) is 1. The molecule has 0 aliphatic heterocycles. The Bertz CT molecular complexity index is 256. The van der Waals surface area contributed by atoms with Crippen LogP contribution in [0.2, 0.25) is 0 Å². The minimum Gasteiger partial charge on any atom is -0.318 e. The van der Waals surface area contributed by atoms with Gasteiger partial charge in [0, 0.05) is 18.8 Å². The largest absolute Gasteiger partial charge is 0.318 e. The van der Waals surface area contributed by atoms with Crippen LogP contribution in [-0.4, -0.2) is 31.4 Å². The molecule has 1 aliphatic rings. The highest BCUT2D eigenvalue weighted by molar-refractivity contribution is 5.52. The van der Waals surface area contributed by atoms with Crippen molar-refractivity contribution in [3.05, 3.63) is 23.4 Å². The van der Waals surface area contributed by atoms with Gasteiger partial charge in [0.25, 0.3) is 0 Å². The van der Waals surface area contributed by atoms with E-state index in [9.17, 15) is 4.79 Å². The Morgan fingerprint density at radius 2 is 2.29 bits per heavy atom. The Labute approximate surface area is 85.5 Å². The topological polar surface area (TPSA) is 32.3 Å². The summed E-state index contributed by atoms with van der Waals surface area (Å²) in [5.74, 6) is 0. The number of carbonyl (C=O) groups is 1. The Hall–Kier alpha value is -1.09. The molecule has 0 aromatic carbocycles. The van der Waals surface area contributed by atoms with Crippen molar-refractivity contribution in [1.82, 2.24) is 10.2 Å². The summed E-state index contributed by atoms with van der Waals surface area (Å²) in [5.41, 5.74) is 2.51. The van der Waals surface area contributed by atoms with Crippen LogP contribution in [0.1, 0.15) is 19.8 Å². The van der Waals surface area contributed by atoms with Crippen molar-refractivity contribution < 1.29 is 4.79 Å². The monoisotopic (exact) mass is 194 g/mol. The zero-order valence-corrected chi connectivity index (χ0v) is 8.92. The summed E-state index contributed by atoms with van der Waals surface area (Å²) in [6, 6.07) is 0. The zero-order valence-electron chi connectivity index (χ0n) is 8.92. The number of amides is 1. The van der Waals surface area contributed by atoms with Gasteiger partial charge in [-0.15, -0.1) is 0 Å². The van der Waals surface area contributed by atoms with E-state index >= 15 is 0 Å². The van der Waals surface area contributed by atoms with E-state index in [0.717, 1.165) is 38.0 Å². The molecule has 0 fully saturated rings. The van der Waals surface area contributed by atoms with Gasteiger partial charge in [-0.3, -0.25) is 4.79 Å². The second-order valence-corrected chi connectivity index (χ2v) is 3.57. The average molecular weight is 194 g/mol. The molecule has 0 spiro atoms. The fourth-order valence-corrected chi connectivity index (χ4v) is 1.47. The fraction of sp³-hybridized carbons (Fsp3) is 0.545. The van der Waals surface area contributed by atoms with Gasteiger partial charge in [-0.05, 0) is 32.9 Å². The first kappa shape index (κ1) is 11.0. The summed E-state index contributed by atoms with van der Waals surface area (Å²) in [6.07, 6.45) is 7.09. The molecule has 0 aromatic heterocycles. The van der Waals surface area contributed by atoms with Gasteiger partial charge in [-0.25, -0.2) is 0 Å². The normalized spacial score (nSPS) is 15.9. The molecular weight excluding hydrogens is 176 g/mol. The van der Waals surface area contributed by atoms with Gasteiger partial charge in [0.1, 0.15) is 0 Å². The Morgan fingerprint density at radius 3 is 2.79 bits per heavy atom. The molecule has 1 amide bonds. The van der Waals surface area contributed by atoms with Crippen LogP contribution < -0.4 is 5.32 Å². The molecule has 0 radical (unpaired) electrons. The van der Waals surface area contributed by atoms with Gasteiger partial charge in [0.2, 0.25) is 6.41 Å². The number of carbonyl (C=O) groups excluding carboxylic acids is 1. The summed E-state index contributed by atoms with van der Waals surface area (Å²) in [5, 5.41) is 3.04. The lowest BCUT2D eigenvalue weighted by Gasteiger charge is -2.22. The molecule has 1 N–H and O–H groups in total. The highest BCUT2D eigenvalue weighted by Crippen LogP contribution is 2.19. The molecule has 1 rings (SSSR count). The number of likely N-dealkylation sites (N-methyl/N-ethyl adjacent to an activating group) is 1. The van der Waals surface area contributed by atoms with E-state index in [2.05, 4.69) is 18.3 Å². The molecule has 0 aromatic rings. The van der Waals surface area contributed by atoms with Crippen molar-refractivity contribution in [2.75, 3.05) is 20.1 Å². The lowest BCUT2D eigenvalue weighted by Crippen LogP contribution is -2.29. The molecule has 3 nitrogen and oxygen atoms in total. The average Bonchev–Trinajstić information content (AvgIpc) is 2.21. The lowest BCUT2D eigenvalue weighted by atomic mass is 10.0. The van der Waals surface area contributed by atoms with Crippen LogP contribution in [0.5, 0.6) is 0 Å². The van der Waals surface area contributed by atoms with E-state index in [1.165, 1.54) is 5.57 Å². The Kier molecular flexibility index (Phi) is 4.40. The van der Waals surface area contributed by atoms with Crippen LogP contribution in [0.3, 0.4) is 0 Å². The molecule has 3 heteroatoms. The maximum absolute atomic E-state index is 10.8. The van der Waals surface area contributed by atoms with Gasteiger partial charge in [-0.2, -0.15) is 0 Å². The fourth-order valence-electron chi connectivity index (χ4n) is 1.47. The maximum atomic E-state index is 10.8. The first-order chi connectivity index (χ1) is 6.77. The van der Waals surface area contributed by atoms with Gasteiger partial charge < -0.3 is 10.2 Å². The first-order valence-electron chi connectivity index (χ1n) is 5.01. The van der Waals surface area contributed by atoms with E-state index in [0.29, 0.717) is 0 Å². The van der Waals surface area contributed by atoms with Crippen molar-refractivity contribution in [2.45, 2.75) is 19.8 Å². The van der Waals surface area contributed by atoms with Crippen molar-refractivity contribution >= 4 is 6.41 Å². The summed E-state index contributed by atoms with van der Waals surface area (Å²) >= 11 is 0. The van der Waals surface area contributed by atoms with Gasteiger partial charge in [0.15, 0.2) is 0 Å². The highest BCUT2D eigenvalue weighted by Gasteiger charge is 2.10. The predicted octanol–water partition coefficient (Wildman–Crippen LogP) is 1.29. The number of allylic oxidation sites excluding steroid dienone is 4. The molecule has 0 saturated carbocycles. The van der Waals surface area contributed by atoms with Crippen LogP contribution in [0.25, 0.3) is 0 Å². The predicted molar refractivity (Wildman–Crippen MR) is 57.8 cm³/mol. The number of hydrogen-bond acceptors (Lipinski definition) is 2. The van der Waals surface area contributed by atoms with Crippen molar-refractivity contribution in [3.8, 4) is 0 Å². The summed E-state index contributed by atoms with van der Waals surface area (Å²) in [4.78, 5) is 12.6. The van der Waals surface area contributed by atoms with E-state index in [-0.39, 0.29) is 0 Å². The van der Waals surface area contributed by atoms with Crippen LogP contribution in [0.15, 0.2) is 23.4 Å². The molecule has 1 aliphatic carbocycles. The van der Waals surface area contributed by atoms with Crippen LogP contribution in [0, 0.1) is 0 Å². The molecule has 78 valence electrons. The third kappa shape index (κ3) is 3.00. The minimum atomic E-state index is 0.749. The van der Waals surface area contributed by atoms with Crippen molar-refractivity contribution in [2.24, 2.45) is 0 Å². The minimum absolute atomic E-state index is 0.749. The van der Waals surface area contributed by atoms with Crippen LogP contribution in [-0.2, 0) is 4.79 Å². The van der Waals surface area contributed by atoms with Crippen LogP contribution >= 0.6 is 0 Å². The van der Waals surface area contributed by atoms with E-state index in [1.54, 1.807) is 4.90 Å². The second-order valence-electron chi connectivity index (χ2n) is 3.57. The number of hydrogen-bond donors (Lipinski definition) is 1. The maximum Gasteiger partial charge on any atom is 0.213 e. The number of nitrogens with one attached hydrogen (secondary N) is 1. The summed E-state index contributed by atoms with van der Waals surface area (Å²) < 4.78 is 0. The van der Waals surface area contributed by atoms with Gasteiger partial charge in [-0.1, -0.05) is 11.6 Å². The van der Waals surface area contributed by atoms with Crippen molar-refractivity contribution in [1.29, 1.82) is 0 Å². The standard InChI is InChI=1S/C11H18N2O/c1-10-3-5-11(6-4-10)13(9-14)8-7-12-2/h3,5,9,12H,4,6-8H2,1-2H3. The third-order valence-electron chi connectivity index (χ3n) is 2.43. The summed E-state index contributed by atoms with van der Waals surface area (Å²) in [6.45, 7) is 3.70. The Balaban J connectivity index is 2.56. The molecular formula is C11H18N2O. The third-order valence-corrected chi connectivity index (χ3v) is 2.43. The van der Waals surface area contributed by atoms with Crippen LogP contribution in [0.4, 0.5) is 0 Å². The van der Waals surface area contributed by atoms with E-state index in [1.807, 2.05) is 13.1 Å².